The predicted molar refractivity (Wildman–Crippen MR) is 84.7 cm³/mol. The number of hydrogen-bond donors (Lipinski definition) is 1. The molecule has 4 nitrogen and oxygen atoms in total. The summed E-state index contributed by atoms with van der Waals surface area (Å²) >= 11 is 3.62. The quantitative estimate of drug-likeness (QED) is 0.878. The topological polar surface area (TPSA) is 42.7 Å². The summed E-state index contributed by atoms with van der Waals surface area (Å²) in [6.45, 7) is 8.08. The van der Waals surface area contributed by atoms with Crippen molar-refractivity contribution in [1.82, 2.24) is 20.1 Å². The Morgan fingerprint density at radius 3 is 2.80 bits per heavy atom. The maximum absolute atomic E-state index is 4.67. The maximum atomic E-state index is 4.67. The summed E-state index contributed by atoms with van der Waals surface area (Å²) in [7, 11) is 0. The van der Waals surface area contributed by atoms with Crippen molar-refractivity contribution in [1.29, 1.82) is 0 Å². The average molecular weight is 337 g/mol. The number of nitrogens with one attached hydrogen (secondary N) is 1. The van der Waals surface area contributed by atoms with E-state index in [1.165, 1.54) is 0 Å². The van der Waals surface area contributed by atoms with Gasteiger partial charge in [0.25, 0.3) is 0 Å². The van der Waals surface area contributed by atoms with E-state index in [-0.39, 0.29) is 6.04 Å². The molecule has 2 aromatic rings. The first-order valence-corrected chi connectivity index (χ1v) is 7.84. The lowest BCUT2D eigenvalue weighted by Crippen LogP contribution is -2.27. The third kappa shape index (κ3) is 3.27. The minimum Gasteiger partial charge on any atom is -0.304 e. The van der Waals surface area contributed by atoms with Crippen molar-refractivity contribution >= 4 is 15.9 Å². The smallest absolute Gasteiger partial charge is 0.0933 e. The molecule has 0 radical (unpaired) electrons. The standard InChI is InChI=1S/C15H21BrN4/c1-4-9-17-14(13-8-6-7-11(3)19-13)15-12(16)10-18-20(15)5-2/h6-8,10,14,17H,4-5,9H2,1-3H3. The average Bonchev–Trinajstić information content (AvgIpc) is 2.81. The molecule has 1 atom stereocenters. The van der Waals surface area contributed by atoms with Gasteiger partial charge in [-0.1, -0.05) is 13.0 Å². The number of nitrogens with zero attached hydrogens (tertiary/aromatic N) is 3. The fraction of sp³-hybridized carbons (Fsp3) is 0.467. The first kappa shape index (κ1) is 15.2. The van der Waals surface area contributed by atoms with Gasteiger partial charge in [0, 0.05) is 12.2 Å². The molecular weight excluding hydrogens is 316 g/mol. The molecular formula is C15H21BrN4. The van der Waals surface area contributed by atoms with Crippen LogP contribution in [0.25, 0.3) is 0 Å². The first-order chi connectivity index (χ1) is 9.67. The molecule has 0 fully saturated rings. The van der Waals surface area contributed by atoms with Crippen molar-refractivity contribution in [3.63, 3.8) is 0 Å². The lowest BCUT2D eigenvalue weighted by atomic mass is 10.1. The van der Waals surface area contributed by atoms with Crippen LogP contribution < -0.4 is 5.32 Å². The minimum atomic E-state index is 0.0617. The maximum Gasteiger partial charge on any atom is 0.0933 e. The number of rotatable bonds is 6. The Labute approximate surface area is 128 Å². The molecule has 0 aliphatic rings. The van der Waals surface area contributed by atoms with E-state index in [0.717, 1.165) is 41.1 Å². The highest BCUT2D eigenvalue weighted by Gasteiger charge is 2.22. The summed E-state index contributed by atoms with van der Waals surface area (Å²) in [5.74, 6) is 0. The third-order valence-corrected chi connectivity index (χ3v) is 3.82. The van der Waals surface area contributed by atoms with Gasteiger partial charge in [-0.15, -0.1) is 0 Å². The monoisotopic (exact) mass is 336 g/mol. The van der Waals surface area contributed by atoms with Gasteiger partial charge in [0.1, 0.15) is 0 Å². The molecule has 2 aromatic heterocycles. The molecule has 5 heteroatoms. The van der Waals surface area contributed by atoms with Crippen LogP contribution in [-0.2, 0) is 6.54 Å². The van der Waals surface area contributed by atoms with Crippen molar-refractivity contribution in [2.24, 2.45) is 0 Å². The molecule has 108 valence electrons. The third-order valence-electron chi connectivity index (χ3n) is 3.21. The van der Waals surface area contributed by atoms with Crippen LogP contribution in [0.4, 0.5) is 0 Å². The van der Waals surface area contributed by atoms with Crippen molar-refractivity contribution in [2.45, 2.75) is 39.8 Å². The summed E-state index contributed by atoms with van der Waals surface area (Å²) in [6.07, 6.45) is 2.94. The Balaban J connectivity index is 2.44. The van der Waals surface area contributed by atoms with Crippen LogP contribution in [0.1, 0.15) is 43.4 Å². The Morgan fingerprint density at radius 2 is 2.15 bits per heavy atom. The first-order valence-electron chi connectivity index (χ1n) is 7.05. The molecule has 2 heterocycles. The highest BCUT2D eigenvalue weighted by atomic mass is 79.9. The van der Waals surface area contributed by atoms with E-state index in [1.54, 1.807) is 0 Å². The fourth-order valence-corrected chi connectivity index (χ4v) is 2.79. The van der Waals surface area contributed by atoms with Crippen molar-refractivity contribution < 1.29 is 0 Å². The molecule has 1 unspecified atom stereocenters. The molecule has 0 spiro atoms. The highest BCUT2D eigenvalue weighted by Crippen LogP contribution is 2.27. The summed E-state index contributed by atoms with van der Waals surface area (Å²) in [5, 5.41) is 7.99. The zero-order valence-corrected chi connectivity index (χ0v) is 13.8. The Kier molecular flexibility index (Phi) is 5.31. The molecule has 0 aliphatic carbocycles. The molecule has 1 N–H and O–H groups in total. The van der Waals surface area contributed by atoms with E-state index < -0.39 is 0 Å². The largest absolute Gasteiger partial charge is 0.304 e. The van der Waals surface area contributed by atoms with Crippen LogP contribution in [0.5, 0.6) is 0 Å². The zero-order valence-electron chi connectivity index (χ0n) is 12.2. The van der Waals surface area contributed by atoms with Gasteiger partial charge in [-0.05, 0) is 54.9 Å². The molecule has 0 saturated heterocycles. The number of pyridine rings is 1. The summed E-state index contributed by atoms with van der Waals surface area (Å²) in [5.41, 5.74) is 3.21. The number of hydrogen-bond acceptors (Lipinski definition) is 3. The number of aryl methyl sites for hydroxylation is 2. The van der Waals surface area contributed by atoms with E-state index in [4.69, 9.17) is 0 Å². The Hall–Kier alpha value is -1.20. The molecule has 0 amide bonds. The Morgan fingerprint density at radius 1 is 1.35 bits per heavy atom. The lowest BCUT2D eigenvalue weighted by Gasteiger charge is -2.20. The van der Waals surface area contributed by atoms with E-state index in [9.17, 15) is 0 Å². The summed E-state index contributed by atoms with van der Waals surface area (Å²) < 4.78 is 3.04. The molecule has 0 bridgehead atoms. The van der Waals surface area contributed by atoms with Crippen molar-refractivity contribution in [3.05, 3.63) is 46.0 Å². The zero-order chi connectivity index (χ0) is 14.5. The number of aromatic nitrogens is 3. The molecule has 0 aromatic carbocycles. The molecule has 0 saturated carbocycles. The lowest BCUT2D eigenvalue weighted by molar-refractivity contribution is 0.520. The SMILES string of the molecule is CCCNC(c1cccc(C)n1)c1c(Br)cnn1CC. The molecule has 0 aliphatic heterocycles. The van der Waals surface area contributed by atoms with Gasteiger partial charge in [0.05, 0.1) is 28.1 Å². The van der Waals surface area contributed by atoms with Crippen LogP contribution in [0.3, 0.4) is 0 Å². The fourth-order valence-electron chi connectivity index (χ4n) is 2.27. The summed E-state index contributed by atoms with van der Waals surface area (Å²) in [6, 6.07) is 6.21. The molecule has 20 heavy (non-hydrogen) atoms. The highest BCUT2D eigenvalue weighted by molar-refractivity contribution is 9.10. The van der Waals surface area contributed by atoms with Gasteiger partial charge in [-0.3, -0.25) is 9.67 Å². The van der Waals surface area contributed by atoms with Crippen LogP contribution in [-0.4, -0.2) is 21.3 Å². The van der Waals surface area contributed by atoms with Gasteiger partial charge in [-0.25, -0.2) is 0 Å². The number of halogens is 1. The van der Waals surface area contributed by atoms with Gasteiger partial charge in [0.15, 0.2) is 0 Å². The van der Waals surface area contributed by atoms with Crippen LogP contribution in [0.2, 0.25) is 0 Å². The summed E-state index contributed by atoms with van der Waals surface area (Å²) in [4.78, 5) is 4.67. The Bertz CT molecular complexity index is 565. The van der Waals surface area contributed by atoms with E-state index in [0.29, 0.717) is 0 Å². The van der Waals surface area contributed by atoms with Gasteiger partial charge >= 0.3 is 0 Å². The van der Waals surface area contributed by atoms with E-state index in [1.807, 2.05) is 23.9 Å². The predicted octanol–water partition coefficient (Wildman–Crippen LogP) is 3.46. The second-order valence-electron chi connectivity index (χ2n) is 4.78. The second-order valence-corrected chi connectivity index (χ2v) is 5.64. The van der Waals surface area contributed by atoms with Gasteiger partial charge < -0.3 is 5.32 Å². The van der Waals surface area contributed by atoms with E-state index in [2.05, 4.69) is 57.3 Å². The van der Waals surface area contributed by atoms with Crippen LogP contribution in [0, 0.1) is 6.92 Å². The van der Waals surface area contributed by atoms with Gasteiger partial charge in [0.2, 0.25) is 0 Å². The normalized spacial score (nSPS) is 12.6. The minimum absolute atomic E-state index is 0.0617. The second kappa shape index (κ2) is 6.99. The van der Waals surface area contributed by atoms with E-state index >= 15 is 0 Å². The van der Waals surface area contributed by atoms with Crippen molar-refractivity contribution in [3.8, 4) is 0 Å². The van der Waals surface area contributed by atoms with Crippen LogP contribution in [0.15, 0.2) is 28.9 Å². The molecule has 2 rings (SSSR count). The van der Waals surface area contributed by atoms with Crippen LogP contribution >= 0.6 is 15.9 Å². The van der Waals surface area contributed by atoms with Gasteiger partial charge in [-0.2, -0.15) is 5.10 Å². The van der Waals surface area contributed by atoms with Crippen molar-refractivity contribution in [2.75, 3.05) is 6.54 Å².